The summed E-state index contributed by atoms with van der Waals surface area (Å²) >= 11 is 0. The van der Waals surface area contributed by atoms with E-state index >= 15 is 0 Å². The molecule has 4 rings (SSSR count). The fourth-order valence-corrected chi connectivity index (χ4v) is 2.75. The molecule has 1 N–H and O–H groups in total. The van der Waals surface area contributed by atoms with Crippen molar-refractivity contribution in [2.75, 3.05) is 11.9 Å². The molecule has 0 unspecified atom stereocenters. The fourth-order valence-electron chi connectivity index (χ4n) is 2.75. The monoisotopic (exact) mass is 333 g/mol. The van der Waals surface area contributed by atoms with Gasteiger partial charge in [0.25, 0.3) is 0 Å². The average Bonchev–Trinajstić information content (AvgIpc) is 3.08. The van der Waals surface area contributed by atoms with E-state index in [1.807, 2.05) is 48.7 Å². The predicted octanol–water partition coefficient (Wildman–Crippen LogP) is 3.61. The van der Waals surface area contributed by atoms with E-state index in [0.29, 0.717) is 12.5 Å². The minimum Gasteiger partial charge on any atom is -0.354 e. The van der Waals surface area contributed by atoms with Gasteiger partial charge in [-0.05, 0) is 41.6 Å². The predicted molar refractivity (Wildman–Crippen MR) is 95.3 cm³/mol. The zero-order valence-electron chi connectivity index (χ0n) is 13.4. The van der Waals surface area contributed by atoms with Gasteiger partial charge in [-0.15, -0.1) is 0 Å². The number of pyridine rings is 1. The molecule has 0 aliphatic rings. The molecule has 0 aliphatic heterocycles. The highest BCUT2D eigenvalue weighted by Gasteiger charge is 2.11. The third kappa shape index (κ3) is 3.19. The van der Waals surface area contributed by atoms with Crippen LogP contribution in [0.4, 0.5) is 10.3 Å². The Balaban J connectivity index is 1.56. The van der Waals surface area contributed by atoms with Crippen LogP contribution in [0.25, 0.3) is 16.7 Å². The van der Waals surface area contributed by atoms with Crippen LogP contribution in [0.1, 0.15) is 5.56 Å². The van der Waals surface area contributed by atoms with Crippen LogP contribution in [-0.2, 0) is 6.42 Å². The first kappa shape index (κ1) is 15.3. The Morgan fingerprint density at radius 1 is 1.04 bits per heavy atom. The Kier molecular flexibility index (Phi) is 4.08. The lowest BCUT2D eigenvalue weighted by molar-refractivity contribution is 0.604. The van der Waals surface area contributed by atoms with E-state index in [1.165, 1.54) is 11.8 Å². The van der Waals surface area contributed by atoms with Gasteiger partial charge >= 0.3 is 0 Å². The van der Waals surface area contributed by atoms with Crippen molar-refractivity contribution in [2.45, 2.75) is 6.42 Å². The van der Waals surface area contributed by atoms with Crippen molar-refractivity contribution >= 4 is 16.9 Å². The van der Waals surface area contributed by atoms with Crippen molar-refractivity contribution in [1.82, 2.24) is 19.5 Å². The number of para-hydroxylation sites is 1. The van der Waals surface area contributed by atoms with Gasteiger partial charge in [-0.2, -0.15) is 4.98 Å². The van der Waals surface area contributed by atoms with Crippen LogP contribution in [0.15, 0.2) is 67.3 Å². The van der Waals surface area contributed by atoms with Gasteiger partial charge in [0, 0.05) is 25.1 Å². The highest BCUT2D eigenvalue weighted by Crippen LogP contribution is 2.21. The summed E-state index contributed by atoms with van der Waals surface area (Å²) in [7, 11) is 0. The summed E-state index contributed by atoms with van der Waals surface area (Å²) in [5.41, 5.74) is 2.07. The number of hydrogen-bond acceptors (Lipinski definition) is 4. The van der Waals surface area contributed by atoms with E-state index in [4.69, 9.17) is 0 Å². The van der Waals surface area contributed by atoms with Crippen LogP contribution in [-0.4, -0.2) is 26.1 Å². The number of fused-ring (bicyclic) bond motifs is 1. The smallest absolute Gasteiger partial charge is 0.224 e. The van der Waals surface area contributed by atoms with Crippen LogP contribution in [0, 0.1) is 5.82 Å². The number of rotatable bonds is 5. The third-order valence-electron chi connectivity index (χ3n) is 4.00. The Hall–Kier alpha value is -3.28. The number of halogens is 1. The summed E-state index contributed by atoms with van der Waals surface area (Å²) in [4.78, 5) is 12.4. The largest absolute Gasteiger partial charge is 0.354 e. The molecule has 0 aliphatic carbocycles. The molecule has 3 heterocycles. The number of anilines is 1. The molecule has 0 amide bonds. The van der Waals surface area contributed by atoms with Crippen molar-refractivity contribution in [3.05, 3.63) is 78.6 Å². The van der Waals surface area contributed by atoms with E-state index in [0.717, 1.165) is 17.3 Å². The molecular weight excluding hydrogens is 317 g/mol. The van der Waals surface area contributed by atoms with Crippen LogP contribution < -0.4 is 5.32 Å². The van der Waals surface area contributed by atoms with Gasteiger partial charge in [0.2, 0.25) is 5.95 Å². The zero-order chi connectivity index (χ0) is 17.1. The van der Waals surface area contributed by atoms with Gasteiger partial charge in [0.05, 0.1) is 11.7 Å². The van der Waals surface area contributed by atoms with E-state index in [9.17, 15) is 4.39 Å². The highest BCUT2D eigenvalue weighted by atomic mass is 19.1. The summed E-state index contributed by atoms with van der Waals surface area (Å²) in [5, 5.41) is 4.18. The third-order valence-corrected chi connectivity index (χ3v) is 4.00. The second kappa shape index (κ2) is 6.68. The minimum absolute atomic E-state index is 0.239. The zero-order valence-corrected chi connectivity index (χ0v) is 13.4. The van der Waals surface area contributed by atoms with Crippen LogP contribution in [0.5, 0.6) is 0 Å². The van der Waals surface area contributed by atoms with E-state index in [-0.39, 0.29) is 5.82 Å². The summed E-state index contributed by atoms with van der Waals surface area (Å²) in [6.45, 7) is 0.654. The lowest BCUT2D eigenvalue weighted by Crippen LogP contribution is -2.10. The van der Waals surface area contributed by atoms with Crippen molar-refractivity contribution < 1.29 is 4.39 Å². The Morgan fingerprint density at radius 3 is 2.76 bits per heavy atom. The topological polar surface area (TPSA) is 55.6 Å². The molecule has 1 aromatic carbocycles. The summed E-state index contributed by atoms with van der Waals surface area (Å²) < 4.78 is 16.0. The summed E-state index contributed by atoms with van der Waals surface area (Å²) in [6.07, 6.45) is 7.35. The number of nitrogens with zero attached hydrogens (tertiary/aromatic N) is 4. The maximum atomic E-state index is 14.3. The summed E-state index contributed by atoms with van der Waals surface area (Å²) in [5.74, 6) is 0.187. The first-order valence-electron chi connectivity index (χ1n) is 8.03. The number of nitrogens with one attached hydrogen (secondary N) is 1. The van der Waals surface area contributed by atoms with Crippen LogP contribution in [0.2, 0.25) is 0 Å². The molecule has 0 saturated carbocycles. The molecule has 124 valence electrons. The fraction of sp³-hybridized carbons (Fsp3) is 0.105. The van der Waals surface area contributed by atoms with Gasteiger partial charge in [-0.25, -0.2) is 9.37 Å². The van der Waals surface area contributed by atoms with Gasteiger partial charge in [-0.3, -0.25) is 9.55 Å². The molecule has 5 nitrogen and oxygen atoms in total. The molecular formula is C19H16FN5. The number of hydrogen-bond donors (Lipinski definition) is 1. The molecule has 0 atom stereocenters. The molecule has 25 heavy (non-hydrogen) atoms. The van der Waals surface area contributed by atoms with Gasteiger partial charge < -0.3 is 5.32 Å². The number of benzene rings is 1. The molecule has 0 spiro atoms. The Labute approximate surface area is 144 Å². The second-order valence-corrected chi connectivity index (χ2v) is 5.64. The first-order chi connectivity index (χ1) is 12.3. The molecule has 0 fully saturated rings. The molecule has 4 aromatic rings. The van der Waals surface area contributed by atoms with Crippen molar-refractivity contribution in [1.29, 1.82) is 0 Å². The number of aromatic nitrogens is 4. The second-order valence-electron chi connectivity index (χ2n) is 5.64. The van der Waals surface area contributed by atoms with Gasteiger partial charge in [-0.1, -0.05) is 18.2 Å². The van der Waals surface area contributed by atoms with Gasteiger partial charge in [0.15, 0.2) is 11.6 Å². The molecule has 0 bridgehead atoms. The minimum atomic E-state index is -0.457. The normalized spacial score (nSPS) is 10.9. The van der Waals surface area contributed by atoms with Gasteiger partial charge in [0.1, 0.15) is 0 Å². The molecule has 6 heteroatoms. The van der Waals surface area contributed by atoms with Crippen molar-refractivity contribution in [3.63, 3.8) is 0 Å². The molecule has 0 saturated heterocycles. The SMILES string of the molecule is Fc1cnc(NCCc2ccncc2)nc1-n1ccc2ccccc21. The van der Waals surface area contributed by atoms with Crippen LogP contribution in [0.3, 0.4) is 0 Å². The lowest BCUT2D eigenvalue weighted by atomic mass is 10.2. The molecule has 0 radical (unpaired) electrons. The maximum absolute atomic E-state index is 14.3. The van der Waals surface area contributed by atoms with Crippen molar-refractivity contribution in [3.8, 4) is 5.82 Å². The maximum Gasteiger partial charge on any atom is 0.224 e. The lowest BCUT2D eigenvalue weighted by Gasteiger charge is -2.09. The van der Waals surface area contributed by atoms with E-state index in [1.54, 1.807) is 17.0 Å². The highest BCUT2D eigenvalue weighted by molar-refractivity contribution is 5.81. The standard InChI is InChI=1S/C19H16FN5/c20-16-13-23-19(22-11-7-14-5-9-21-10-6-14)24-18(16)25-12-8-15-3-1-2-4-17(15)25/h1-6,8-10,12-13H,7,11H2,(H,22,23,24). The van der Waals surface area contributed by atoms with Crippen molar-refractivity contribution in [2.24, 2.45) is 0 Å². The quantitative estimate of drug-likeness (QED) is 0.606. The van der Waals surface area contributed by atoms with E-state index < -0.39 is 5.82 Å². The first-order valence-corrected chi connectivity index (χ1v) is 8.03. The average molecular weight is 333 g/mol. The molecule has 3 aromatic heterocycles. The van der Waals surface area contributed by atoms with Crippen LogP contribution >= 0.6 is 0 Å². The summed E-state index contributed by atoms with van der Waals surface area (Å²) in [6, 6.07) is 13.7. The van der Waals surface area contributed by atoms with E-state index in [2.05, 4.69) is 20.3 Å². The Morgan fingerprint density at radius 2 is 1.88 bits per heavy atom. The Bertz CT molecular complexity index is 997.